The fourth-order valence-electron chi connectivity index (χ4n) is 2.53. The summed E-state index contributed by atoms with van der Waals surface area (Å²) in [7, 11) is -2.05. The molecule has 1 aliphatic heterocycles. The van der Waals surface area contributed by atoms with E-state index in [-0.39, 0.29) is 29.8 Å². The third-order valence-electron chi connectivity index (χ3n) is 4.32. The van der Waals surface area contributed by atoms with Crippen molar-refractivity contribution in [3.8, 4) is 0 Å². The molecule has 0 aliphatic carbocycles. The van der Waals surface area contributed by atoms with Gasteiger partial charge in [0, 0.05) is 40.0 Å². The van der Waals surface area contributed by atoms with Gasteiger partial charge in [0.15, 0.2) is 5.82 Å². The topological polar surface area (TPSA) is 96.6 Å². The Bertz CT molecular complexity index is 908. The zero-order valence-electron chi connectivity index (χ0n) is 14.4. The number of amides is 1. The quantitative estimate of drug-likeness (QED) is 0.740. The number of aromatic nitrogens is 2. The van der Waals surface area contributed by atoms with Gasteiger partial charge in [-0.25, -0.2) is 12.8 Å². The van der Waals surface area contributed by atoms with Crippen molar-refractivity contribution in [1.29, 1.82) is 0 Å². The Balaban J connectivity index is 1.59. The highest BCUT2D eigenvalue weighted by Crippen LogP contribution is 2.31. The maximum atomic E-state index is 13.3. The van der Waals surface area contributed by atoms with Crippen molar-refractivity contribution in [2.24, 2.45) is 0 Å². The molecule has 0 saturated carbocycles. The molecule has 140 valence electrons. The van der Waals surface area contributed by atoms with Crippen molar-refractivity contribution in [2.75, 3.05) is 26.7 Å². The minimum absolute atomic E-state index is 0.0501. The summed E-state index contributed by atoms with van der Waals surface area (Å²) in [5.74, 6) is 0.00644. The van der Waals surface area contributed by atoms with E-state index in [1.165, 1.54) is 29.4 Å². The van der Waals surface area contributed by atoms with Gasteiger partial charge in [0.25, 0.3) is 0 Å². The second-order valence-corrected chi connectivity index (χ2v) is 8.15. The molecule has 0 atom stereocenters. The molecular weight excluding hydrogens is 363 g/mol. The molecule has 2 heterocycles. The average Bonchev–Trinajstić information content (AvgIpc) is 2.99. The molecule has 26 heavy (non-hydrogen) atoms. The third-order valence-corrected chi connectivity index (χ3v) is 6.15. The van der Waals surface area contributed by atoms with Gasteiger partial charge in [0.1, 0.15) is 5.82 Å². The first-order chi connectivity index (χ1) is 12.3. The van der Waals surface area contributed by atoms with E-state index in [9.17, 15) is 17.6 Å². The number of hydrogen-bond acceptors (Lipinski definition) is 6. The van der Waals surface area contributed by atoms with Gasteiger partial charge in [-0.1, -0.05) is 11.2 Å². The van der Waals surface area contributed by atoms with E-state index in [2.05, 4.69) is 10.1 Å². The van der Waals surface area contributed by atoms with Gasteiger partial charge in [0.2, 0.25) is 21.8 Å². The molecule has 1 aromatic carbocycles. The molecule has 1 amide bonds. The van der Waals surface area contributed by atoms with Crippen LogP contribution in [-0.4, -0.2) is 60.4 Å². The largest absolute Gasteiger partial charge is 0.346 e. The summed E-state index contributed by atoms with van der Waals surface area (Å²) >= 11 is 0. The van der Waals surface area contributed by atoms with E-state index in [1.54, 1.807) is 11.9 Å². The predicted molar refractivity (Wildman–Crippen MR) is 89.2 cm³/mol. The molecular formula is C16H19FN4O4S. The number of hydrogen-bond donors (Lipinski definition) is 0. The third kappa shape index (κ3) is 3.75. The minimum Gasteiger partial charge on any atom is -0.346 e. The van der Waals surface area contributed by atoms with Gasteiger partial charge in [-0.05, 0) is 18.2 Å². The molecule has 0 radical (unpaired) electrons. The van der Waals surface area contributed by atoms with E-state index in [0.29, 0.717) is 24.7 Å². The number of nitrogens with zero attached hydrogens (tertiary/aromatic N) is 4. The predicted octanol–water partition coefficient (Wildman–Crippen LogP) is 1.02. The summed E-state index contributed by atoms with van der Waals surface area (Å²) in [5, 5.41) is 3.87. The number of carbonyl (C=O) groups excluding carboxylic acids is 1. The molecule has 0 unspecified atom stereocenters. The van der Waals surface area contributed by atoms with Crippen molar-refractivity contribution in [3.05, 3.63) is 41.8 Å². The summed E-state index contributed by atoms with van der Waals surface area (Å²) in [5.41, 5.74) is 0. The summed E-state index contributed by atoms with van der Waals surface area (Å²) < 4.78 is 44.6. The Labute approximate surface area is 150 Å². The van der Waals surface area contributed by atoms with Crippen molar-refractivity contribution < 1.29 is 22.1 Å². The first kappa shape index (κ1) is 18.5. The Morgan fingerprint density at radius 1 is 1.42 bits per heavy atom. The lowest BCUT2D eigenvalue weighted by molar-refractivity contribution is -0.127. The van der Waals surface area contributed by atoms with Crippen LogP contribution in [0.5, 0.6) is 0 Å². The van der Waals surface area contributed by atoms with Crippen molar-refractivity contribution in [2.45, 2.75) is 24.2 Å². The summed E-state index contributed by atoms with van der Waals surface area (Å²) in [6.07, 6.45) is 0.456. The van der Waals surface area contributed by atoms with E-state index in [1.807, 2.05) is 0 Å². The Kier molecular flexibility index (Phi) is 5.05. The SMILES string of the molecule is CC(=O)N(C)CCc1noc(C2CN(S(=O)(=O)c3cccc(F)c3)C2)n1. The molecule has 1 aliphatic rings. The van der Waals surface area contributed by atoms with Gasteiger partial charge in [-0.3, -0.25) is 4.79 Å². The first-order valence-corrected chi connectivity index (χ1v) is 9.51. The van der Waals surface area contributed by atoms with Gasteiger partial charge >= 0.3 is 0 Å². The number of sulfonamides is 1. The standard InChI is InChI=1S/C16H19FN4O4S/c1-11(22)20(2)7-6-15-18-16(25-19-15)12-9-21(10-12)26(23,24)14-5-3-4-13(17)8-14/h3-5,8,12H,6-7,9-10H2,1-2H3. The van der Waals surface area contributed by atoms with Crippen LogP contribution in [0, 0.1) is 5.82 Å². The van der Waals surface area contributed by atoms with Crippen LogP contribution in [0.25, 0.3) is 0 Å². The van der Waals surface area contributed by atoms with Crippen LogP contribution in [-0.2, 0) is 21.2 Å². The molecule has 10 heteroatoms. The summed E-state index contributed by atoms with van der Waals surface area (Å²) in [6.45, 7) is 2.35. The number of carbonyl (C=O) groups is 1. The molecule has 1 fully saturated rings. The molecule has 0 spiro atoms. The maximum absolute atomic E-state index is 13.3. The fourth-order valence-corrected chi connectivity index (χ4v) is 4.09. The van der Waals surface area contributed by atoms with E-state index in [4.69, 9.17) is 4.52 Å². The lowest BCUT2D eigenvalue weighted by Gasteiger charge is -2.35. The Morgan fingerprint density at radius 2 is 2.15 bits per heavy atom. The van der Waals surface area contributed by atoms with Crippen LogP contribution in [0.2, 0.25) is 0 Å². The Morgan fingerprint density at radius 3 is 2.81 bits per heavy atom. The zero-order chi connectivity index (χ0) is 18.9. The van der Waals surface area contributed by atoms with Crippen molar-refractivity contribution in [3.63, 3.8) is 0 Å². The van der Waals surface area contributed by atoms with Crippen LogP contribution in [0.15, 0.2) is 33.7 Å². The van der Waals surface area contributed by atoms with E-state index >= 15 is 0 Å². The number of rotatable bonds is 6. The maximum Gasteiger partial charge on any atom is 0.243 e. The minimum atomic E-state index is -3.73. The lowest BCUT2D eigenvalue weighted by atomic mass is 10.0. The lowest BCUT2D eigenvalue weighted by Crippen LogP contribution is -2.48. The zero-order valence-corrected chi connectivity index (χ0v) is 15.2. The van der Waals surface area contributed by atoms with Crippen molar-refractivity contribution >= 4 is 15.9 Å². The second-order valence-electron chi connectivity index (χ2n) is 6.22. The second kappa shape index (κ2) is 7.12. The fraction of sp³-hybridized carbons (Fsp3) is 0.438. The number of halogens is 1. The van der Waals surface area contributed by atoms with Gasteiger partial charge in [-0.2, -0.15) is 9.29 Å². The van der Waals surface area contributed by atoms with Crippen LogP contribution < -0.4 is 0 Å². The van der Waals surface area contributed by atoms with E-state index in [0.717, 1.165) is 6.07 Å². The van der Waals surface area contributed by atoms with Gasteiger partial charge < -0.3 is 9.42 Å². The van der Waals surface area contributed by atoms with Gasteiger partial charge in [0.05, 0.1) is 10.8 Å². The first-order valence-electron chi connectivity index (χ1n) is 8.07. The van der Waals surface area contributed by atoms with Crippen LogP contribution in [0.3, 0.4) is 0 Å². The Hall–Kier alpha value is -2.33. The average molecular weight is 382 g/mol. The molecule has 3 rings (SSSR count). The molecule has 0 bridgehead atoms. The van der Waals surface area contributed by atoms with E-state index < -0.39 is 15.8 Å². The van der Waals surface area contributed by atoms with Gasteiger partial charge in [-0.15, -0.1) is 0 Å². The monoisotopic (exact) mass is 382 g/mol. The van der Waals surface area contributed by atoms with Crippen molar-refractivity contribution in [1.82, 2.24) is 19.3 Å². The van der Waals surface area contributed by atoms with Crippen LogP contribution in [0.1, 0.15) is 24.6 Å². The molecule has 0 N–H and O–H groups in total. The number of benzene rings is 1. The number of likely N-dealkylation sites (N-methyl/N-ethyl adjacent to an activating group) is 1. The summed E-state index contributed by atoms with van der Waals surface area (Å²) in [6, 6.07) is 4.92. The molecule has 2 aromatic rings. The van der Waals surface area contributed by atoms with Crippen LogP contribution in [0.4, 0.5) is 4.39 Å². The highest BCUT2D eigenvalue weighted by Gasteiger charge is 2.40. The molecule has 1 aromatic heterocycles. The summed E-state index contributed by atoms with van der Waals surface area (Å²) in [4.78, 5) is 16.9. The van der Waals surface area contributed by atoms with Crippen LogP contribution >= 0.6 is 0 Å². The molecule has 1 saturated heterocycles. The highest BCUT2D eigenvalue weighted by molar-refractivity contribution is 7.89. The highest BCUT2D eigenvalue weighted by atomic mass is 32.2. The smallest absolute Gasteiger partial charge is 0.243 e. The normalized spacial score (nSPS) is 15.7. The molecule has 8 nitrogen and oxygen atoms in total.